The Morgan fingerprint density at radius 1 is 0.306 bits per heavy atom. The third-order valence-corrected chi connectivity index (χ3v) is 13.4. The Morgan fingerprint density at radius 3 is 0.681 bits per heavy atom. The molecular formula is C63H114O9. The molecule has 3 aliphatic heterocycles. The maximum absolute atomic E-state index is 11.4. The highest BCUT2D eigenvalue weighted by atomic mass is 16.6. The van der Waals surface area contributed by atoms with E-state index in [-0.39, 0.29) is 36.2 Å². The summed E-state index contributed by atoms with van der Waals surface area (Å²) < 4.78 is 30.4. The Hall–Kier alpha value is -2.49. The van der Waals surface area contributed by atoms with E-state index in [1.165, 1.54) is 212 Å². The first-order chi connectivity index (χ1) is 35.5. The number of hydrogen-bond acceptors (Lipinski definition) is 9. The molecule has 3 unspecified atom stereocenters. The molecule has 0 aromatic carbocycles. The van der Waals surface area contributed by atoms with Crippen LogP contribution in [0.4, 0.5) is 0 Å². The standard InChI is InChI=1S/3C21H38O3/c3*1-2-3-4-5-6-7-8-9-10-11-12-13-14-15-16-17-21(22)24-19-20-18-23-20/h3*9-10,20H,2-8,11-19H2,1H3/b3*10-9-. The predicted molar refractivity (Wildman–Crippen MR) is 300 cm³/mol. The highest BCUT2D eigenvalue weighted by Gasteiger charge is 2.25. The van der Waals surface area contributed by atoms with Crippen LogP contribution in [0.5, 0.6) is 0 Å². The molecule has 3 rings (SSSR count). The number of carbonyl (C=O) groups is 3. The minimum atomic E-state index is -0.0665. The van der Waals surface area contributed by atoms with Crippen molar-refractivity contribution in [3.63, 3.8) is 0 Å². The van der Waals surface area contributed by atoms with Gasteiger partial charge in [-0.05, 0) is 96.3 Å². The molecule has 0 aromatic heterocycles. The van der Waals surface area contributed by atoms with Crippen molar-refractivity contribution < 1.29 is 42.8 Å². The van der Waals surface area contributed by atoms with Gasteiger partial charge in [-0.2, -0.15) is 0 Å². The van der Waals surface area contributed by atoms with Crippen molar-refractivity contribution in [1.29, 1.82) is 0 Å². The number of epoxide rings is 3. The fraction of sp³-hybridized carbons (Fsp3) is 0.857. The highest BCUT2D eigenvalue weighted by molar-refractivity contribution is 5.70. The number of ether oxygens (including phenoxy) is 6. The molecule has 0 spiro atoms. The van der Waals surface area contributed by atoms with Crippen molar-refractivity contribution in [3.8, 4) is 0 Å². The number of carbonyl (C=O) groups excluding carboxylic acids is 3. The largest absolute Gasteiger partial charge is 0.463 e. The van der Waals surface area contributed by atoms with Crippen LogP contribution in [0.25, 0.3) is 0 Å². The van der Waals surface area contributed by atoms with Gasteiger partial charge < -0.3 is 28.4 Å². The van der Waals surface area contributed by atoms with Crippen LogP contribution in [0.3, 0.4) is 0 Å². The van der Waals surface area contributed by atoms with E-state index in [0.29, 0.717) is 39.1 Å². The van der Waals surface area contributed by atoms with E-state index >= 15 is 0 Å². The highest BCUT2D eigenvalue weighted by Crippen LogP contribution is 2.16. The van der Waals surface area contributed by atoms with Crippen molar-refractivity contribution in [2.75, 3.05) is 39.6 Å². The van der Waals surface area contributed by atoms with Crippen LogP contribution in [0.15, 0.2) is 36.5 Å². The monoisotopic (exact) mass is 1010 g/mol. The number of allylic oxidation sites excluding steroid dienone is 6. The smallest absolute Gasteiger partial charge is 0.305 e. The van der Waals surface area contributed by atoms with Gasteiger partial charge in [-0.15, -0.1) is 0 Å². The van der Waals surface area contributed by atoms with Gasteiger partial charge in [-0.25, -0.2) is 0 Å². The summed E-state index contributed by atoms with van der Waals surface area (Å²) >= 11 is 0. The van der Waals surface area contributed by atoms with E-state index in [2.05, 4.69) is 57.2 Å². The van der Waals surface area contributed by atoms with E-state index < -0.39 is 0 Å². The van der Waals surface area contributed by atoms with Crippen molar-refractivity contribution in [1.82, 2.24) is 0 Å². The second kappa shape index (κ2) is 54.8. The topological polar surface area (TPSA) is 116 Å². The minimum Gasteiger partial charge on any atom is -0.463 e. The summed E-state index contributed by atoms with van der Waals surface area (Å²) in [6.07, 6.45) is 66.2. The number of esters is 3. The molecule has 0 aromatic rings. The molecule has 3 aliphatic rings. The van der Waals surface area contributed by atoms with Crippen LogP contribution in [0, 0.1) is 0 Å². The molecule has 0 saturated carbocycles. The summed E-state index contributed by atoms with van der Waals surface area (Å²) in [6.45, 7) is 10.4. The van der Waals surface area contributed by atoms with Crippen LogP contribution >= 0.6 is 0 Å². The summed E-state index contributed by atoms with van der Waals surface area (Å²) in [7, 11) is 0. The molecule has 3 atom stereocenters. The second-order valence-electron chi connectivity index (χ2n) is 20.9. The molecule has 0 radical (unpaired) electrons. The molecule has 9 heteroatoms. The van der Waals surface area contributed by atoms with E-state index in [4.69, 9.17) is 28.4 Å². The minimum absolute atomic E-state index is 0.0665. The second-order valence-corrected chi connectivity index (χ2v) is 20.9. The average Bonchev–Trinajstić information content (AvgIpc) is 4.23. The molecule has 3 fully saturated rings. The zero-order chi connectivity index (χ0) is 51.9. The Labute approximate surface area is 443 Å². The molecule has 420 valence electrons. The number of rotatable bonds is 51. The fourth-order valence-electron chi connectivity index (χ4n) is 8.29. The lowest BCUT2D eigenvalue weighted by Crippen LogP contribution is -2.09. The van der Waals surface area contributed by atoms with E-state index in [1.807, 2.05) is 0 Å². The lowest BCUT2D eigenvalue weighted by atomic mass is 10.1. The molecule has 3 saturated heterocycles. The average molecular weight is 1020 g/mol. The van der Waals surface area contributed by atoms with Gasteiger partial charge in [-0.1, -0.05) is 211 Å². The molecular weight excluding hydrogens is 901 g/mol. The molecule has 3 heterocycles. The van der Waals surface area contributed by atoms with E-state index in [9.17, 15) is 14.4 Å². The molecule has 0 aliphatic carbocycles. The maximum Gasteiger partial charge on any atom is 0.305 e. The third kappa shape index (κ3) is 56.8. The van der Waals surface area contributed by atoms with Gasteiger partial charge in [0.2, 0.25) is 0 Å². The van der Waals surface area contributed by atoms with Crippen molar-refractivity contribution >= 4 is 17.9 Å². The molecule has 0 amide bonds. The van der Waals surface area contributed by atoms with E-state index in [1.54, 1.807) is 0 Å². The summed E-state index contributed by atoms with van der Waals surface area (Å²) in [4.78, 5) is 34.3. The van der Waals surface area contributed by atoms with Gasteiger partial charge in [0.1, 0.15) is 38.1 Å². The van der Waals surface area contributed by atoms with Gasteiger partial charge in [0.25, 0.3) is 0 Å². The zero-order valence-corrected chi connectivity index (χ0v) is 47.3. The maximum atomic E-state index is 11.4. The van der Waals surface area contributed by atoms with E-state index in [0.717, 1.165) is 58.3 Å². The summed E-state index contributed by atoms with van der Waals surface area (Å²) in [6, 6.07) is 0. The zero-order valence-electron chi connectivity index (χ0n) is 47.3. The Balaban J connectivity index is 0.000000540. The summed E-state index contributed by atoms with van der Waals surface area (Å²) in [5, 5.41) is 0. The lowest BCUT2D eigenvalue weighted by Gasteiger charge is -2.02. The quantitative estimate of drug-likeness (QED) is 0.0193. The third-order valence-electron chi connectivity index (χ3n) is 13.4. The molecule has 0 N–H and O–H groups in total. The van der Waals surface area contributed by atoms with Crippen LogP contribution in [0.2, 0.25) is 0 Å². The fourth-order valence-corrected chi connectivity index (χ4v) is 8.29. The van der Waals surface area contributed by atoms with Crippen LogP contribution < -0.4 is 0 Å². The normalized spacial score (nSPS) is 16.6. The SMILES string of the molecule is CCCCCCCC/C=C\CCCCCCCC(=O)OCC1CO1.CCCCCCCC/C=C\CCCCCCCC(=O)OCC1CO1.CCCCCCCC/C=C\CCCCCCCC(=O)OCC1CO1. The van der Waals surface area contributed by atoms with Crippen molar-refractivity contribution in [2.24, 2.45) is 0 Å². The van der Waals surface area contributed by atoms with Gasteiger partial charge in [0, 0.05) is 19.3 Å². The number of unbranched alkanes of at least 4 members (excludes halogenated alkanes) is 33. The van der Waals surface area contributed by atoms with Crippen molar-refractivity contribution in [2.45, 2.75) is 309 Å². The Morgan fingerprint density at radius 2 is 0.486 bits per heavy atom. The Bertz CT molecular complexity index is 1120. The summed E-state index contributed by atoms with van der Waals surface area (Å²) in [5.41, 5.74) is 0. The molecule has 9 nitrogen and oxygen atoms in total. The molecule has 72 heavy (non-hydrogen) atoms. The van der Waals surface area contributed by atoms with Crippen LogP contribution in [-0.2, 0) is 42.8 Å². The summed E-state index contributed by atoms with van der Waals surface area (Å²) in [5.74, 6) is -0.200. The lowest BCUT2D eigenvalue weighted by molar-refractivity contribution is -0.145. The predicted octanol–water partition coefficient (Wildman–Crippen LogP) is 17.9. The number of hydrogen-bond donors (Lipinski definition) is 0. The van der Waals surface area contributed by atoms with Gasteiger partial charge >= 0.3 is 17.9 Å². The van der Waals surface area contributed by atoms with Crippen LogP contribution in [-0.4, -0.2) is 75.9 Å². The first kappa shape index (κ1) is 67.5. The first-order valence-corrected chi connectivity index (χ1v) is 30.7. The Kier molecular flexibility index (Phi) is 51.4. The van der Waals surface area contributed by atoms with Gasteiger partial charge in [0.15, 0.2) is 0 Å². The van der Waals surface area contributed by atoms with Gasteiger partial charge in [-0.3, -0.25) is 14.4 Å². The first-order valence-electron chi connectivity index (χ1n) is 30.7. The van der Waals surface area contributed by atoms with Crippen molar-refractivity contribution in [3.05, 3.63) is 36.5 Å². The molecule has 0 bridgehead atoms. The van der Waals surface area contributed by atoms with Gasteiger partial charge in [0.05, 0.1) is 19.8 Å². The van der Waals surface area contributed by atoms with Crippen LogP contribution in [0.1, 0.15) is 290 Å².